The van der Waals surface area contributed by atoms with Crippen molar-refractivity contribution >= 4 is 11.5 Å². The van der Waals surface area contributed by atoms with Crippen LogP contribution in [0.3, 0.4) is 0 Å². The van der Waals surface area contributed by atoms with E-state index in [0.29, 0.717) is 0 Å². The van der Waals surface area contributed by atoms with Gasteiger partial charge in [0.1, 0.15) is 12.1 Å². The average molecular weight is 189 g/mol. The molecule has 0 aromatic carbocycles. The molecule has 1 aliphatic rings. The number of anilines is 1. The van der Waals surface area contributed by atoms with E-state index < -0.39 is 0 Å². The molecule has 1 aliphatic carbocycles. The maximum Gasteiger partial charge on any atom is 0.177 e. The van der Waals surface area contributed by atoms with E-state index in [2.05, 4.69) is 20.6 Å². The van der Waals surface area contributed by atoms with Crippen LogP contribution in [0, 0.1) is 5.92 Å². The second kappa shape index (κ2) is 2.94. The van der Waals surface area contributed by atoms with Crippen LogP contribution in [0.2, 0.25) is 0 Å². The summed E-state index contributed by atoms with van der Waals surface area (Å²) in [5.41, 5.74) is 0.780. The summed E-state index contributed by atoms with van der Waals surface area (Å²) in [5.74, 6) is 1.75. The molecule has 0 amide bonds. The molecule has 1 fully saturated rings. The van der Waals surface area contributed by atoms with Crippen molar-refractivity contribution in [3.8, 4) is 0 Å². The van der Waals surface area contributed by atoms with Gasteiger partial charge < -0.3 is 5.32 Å². The third-order valence-electron chi connectivity index (χ3n) is 2.43. The lowest BCUT2D eigenvalue weighted by Gasteiger charge is -2.03. The molecule has 0 spiro atoms. The second-order valence-corrected chi connectivity index (χ2v) is 3.68. The SMILES string of the molecule is c1cc2nncn2nc1NCC1CC1. The predicted molar refractivity (Wildman–Crippen MR) is 52.0 cm³/mol. The maximum absolute atomic E-state index is 4.32. The Bertz CT molecular complexity index is 445. The molecule has 5 nitrogen and oxygen atoms in total. The Morgan fingerprint density at radius 2 is 2.36 bits per heavy atom. The van der Waals surface area contributed by atoms with Gasteiger partial charge in [-0.05, 0) is 30.9 Å². The van der Waals surface area contributed by atoms with Crippen LogP contribution < -0.4 is 5.32 Å². The normalized spacial score (nSPS) is 16.0. The minimum Gasteiger partial charge on any atom is -0.368 e. The molecule has 1 N–H and O–H groups in total. The lowest BCUT2D eigenvalue weighted by Crippen LogP contribution is -2.06. The number of nitrogens with one attached hydrogen (secondary N) is 1. The van der Waals surface area contributed by atoms with E-state index >= 15 is 0 Å². The summed E-state index contributed by atoms with van der Waals surface area (Å²) in [6, 6.07) is 3.85. The van der Waals surface area contributed by atoms with Crippen molar-refractivity contribution in [2.75, 3.05) is 11.9 Å². The fourth-order valence-electron chi connectivity index (χ4n) is 1.39. The van der Waals surface area contributed by atoms with Crippen LogP contribution in [0.25, 0.3) is 5.65 Å². The highest BCUT2D eigenvalue weighted by atomic mass is 15.4. The van der Waals surface area contributed by atoms with Gasteiger partial charge in [-0.25, -0.2) is 0 Å². The summed E-state index contributed by atoms with van der Waals surface area (Å²) in [6.07, 6.45) is 4.31. The van der Waals surface area contributed by atoms with Crippen LogP contribution in [-0.4, -0.2) is 26.4 Å². The molecule has 0 radical (unpaired) electrons. The molecular formula is C9H11N5. The van der Waals surface area contributed by atoms with Gasteiger partial charge in [-0.1, -0.05) is 0 Å². The van der Waals surface area contributed by atoms with Gasteiger partial charge in [0.2, 0.25) is 0 Å². The smallest absolute Gasteiger partial charge is 0.177 e. The van der Waals surface area contributed by atoms with E-state index in [1.54, 1.807) is 10.8 Å². The Morgan fingerprint density at radius 3 is 3.21 bits per heavy atom. The van der Waals surface area contributed by atoms with Crippen LogP contribution in [-0.2, 0) is 0 Å². The number of nitrogens with zero attached hydrogens (tertiary/aromatic N) is 4. The van der Waals surface area contributed by atoms with Gasteiger partial charge in [0, 0.05) is 6.54 Å². The lowest BCUT2D eigenvalue weighted by molar-refractivity contribution is 0.859. The monoisotopic (exact) mass is 189 g/mol. The molecule has 5 heteroatoms. The molecule has 72 valence electrons. The molecule has 0 bridgehead atoms. The van der Waals surface area contributed by atoms with Gasteiger partial charge in [-0.15, -0.1) is 15.3 Å². The largest absolute Gasteiger partial charge is 0.368 e. The maximum atomic E-state index is 4.32. The Labute approximate surface area is 81.1 Å². The van der Waals surface area contributed by atoms with Crippen LogP contribution in [0.1, 0.15) is 12.8 Å². The fraction of sp³-hybridized carbons (Fsp3) is 0.444. The van der Waals surface area contributed by atoms with Crippen molar-refractivity contribution in [1.82, 2.24) is 19.8 Å². The first kappa shape index (κ1) is 7.73. The Kier molecular flexibility index (Phi) is 1.62. The van der Waals surface area contributed by atoms with Crippen LogP contribution in [0.4, 0.5) is 5.82 Å². The van der Waals surface area contributed by atoms with Crippen molar-refractivity contribution in [2.24, 2.45) is 5.92 Å². The number of fused-ring (bicyclic) bond motifs is 1. The zero-order valence-electron chi connectivity index (χ0n) is 7.72. The summed E-state index contributed by atoms with van der Waals surface area (Å²) < 4.78 is 1.68. The highest BCUT2D eigenvalue weighted by molar-refractivity contribution is 5.42. The van der Waals surface area contributed by atoms with Crippen molar-refractivity contribution in [2.45, 2.75) is 12.8 Å². The molecule has 3 rings (SSSR count). The molecule has 2 heterocycles. The van der Waals surface area contributed by atoms with E-state index in [1.807, 2.05) is 12.1 Å². The van der Waals surface area contributed by atoms with E-state index in [1.165, 1.54) is 12.8 Å². The molecule has 2 aromatic heterocycles. The van der Waals surface area contributed by atoms with Crippen LogP contribution in [0.15, 0.2) is 18.5 Å². The van der Waals surface area contributed by atoms with Gasteiger partial charge in [0.15, 0.2) is 5.65 Å². The van der Waals surface area contributed by atoms with Gasteiger partial charge >= 0.3 is 0 Å². The Hall–Kier alpha value is -1.65. The predicted octanol–water partition coefficient (Wildman–Crippen LogP) is 0.946. The van der Waals surface area contributed by atoms with Crippen LogP contribution >= 0.6 is 0 Å². The van der Waals surface area contributed by atoms with Crippen molar-refractivity contribution in [3.05, 3.63) is 18.5 Å². The summed E-state index contributed by atoms with van der Waals surface area (Å²) in [6.45, 7) is 1.03. The van der Waals surface area contributed by atoms with E-state index in [9.17, 15) is 0 Å². The average Bonchev–Trinajstić information content (AvgIpc) is 2.92. The third kappa shape index (κ3) is 1.41. The molecule has 0 atom stereocenters. The topological polar surface area (TPSA) is 55.1 Å². The highest BCUT2D eigenvalue weighted by Gasteiger charge is 2.20. The van der Waals surface area contributed by atoms with Crippen molar-refractivity contribution in [1.29, 1.82) is 0 Å². The van der Waals surface area contributed by atoms with E-state index in [0.717, 1.165) is 23.9 Å². The standard InChI is InChI=1S/C9H11N5/c1-2-7(1)5-10-8-3-4-9-12-11-6-14(9)13-8/h3-4,6-7H,1-2,5H2,(H,10,13). The third-order valence-corrected chi connectivity index (χ3v) is 2.43. The molecule has 0 saturated heterocycles. The van der Waals surface area contributed by atoms with E-state index in [4.69, 9.17) is 0 Å². The summed E-state index contributed by atoms with van der Waals surface area (Å²) >= 11 is 0. The summed E-state index contributed by atoms with van der Waals surface area (Å²) in [5, 5.41) is 15.3. The highest BCUT2D eigenvalue weighted by Crippen LogP contribution is 2.28. The quantitative estimate of drug-likeness (QED) is 0.780. The first-order valence-electron chi connectivity index (χ1n) is 4.83. The molecule has 2 aromatic rings. The van der Waals surface area contributed by atoms with E-state index in [-0.39, 0.29) is 0 Å². The number of hydrogen-bond acceptors (Lipinski definition) is 4. The minimum absolute atomic E-state index is 0.780. The second-order valence-electron chi connectivity index (χ2n) is 3.68. The Balaban J connectivity index is 1.81. The number of rotatable bonds is 3. The summed E-state index contributed by atoms with van der Waals surface area (Å²) in [7, 11) is 0. The zero-order valence-corrected chi connectivity index (χ0v) is 7.72. The number of hydrogen-bond donors (Lipinski definition) is 1. The van der Waals surface area contributed by atoms with Crippen molar-refractivity contribution < 1.29 is 0 Å². The first-order valence-corrected chi connectivity index (χ1v) is 4.83. The fourth-order valence-corrected chi connectivity index (χ4v) is 1.39. The molecule has 1 saturated carbocycles. The molecule has 0 unspecified atom stereocenters. The minimum atomic E-state index is 0.780. The first-order chi connectivity index (χ1) is 6.92. The van der Waals surface area contributed by atoms with Gasteiger partial charge in [0.05, 0.1) is 0 Å². The van der Waals surface area contributed by atoms with Gasteiger partial charge in [0.25, 0.3) is 0 Å². The molecule has 14 heavy (non-hydrogen) atoms. The van der Waals surface area contributed by atoms with Gasteiger partial charge in [-0.3, -0.25) is 0 Å². The molecular weight excluding hydrogens is 178 g/mol. The lowest BCUT2D eigenvalue weighted by atomic mass is 10.4. The Morgan fingerprint density at radius 1 is 1.43 bits per heavy atom. The number of aromatic nitrogens is 4. The molecule has 0 aliphatic heterocycles. The zero-order chi connectivity index (χ0) is 9.38. The van der Waals surface area contributed by atoms with Crippen molar-refractivity contribution in [3.63, 3.8) is 0 Å². The van der Waals surface area contributed by atoms with Gasteiger partial charge in [-0.2, -0.15) is 4.52 Å². The van der Waals surface area contributed by atoms with Crippen LogP contribution in [0.5, 0.6) is 0 Å². The summed E-state index contributed by atoms with van der Waals surface area (Å²) in [4.78, 5) is 0.